The van der Waals surface area contributed by atoms with Gasteiger partial charge in [-0.15, -0.1) is 0 Å². The first kappa shape index (κ1) is 17.8. The lowest BCUT2D eigenvalue weighted by atomic mass is 10.2. The van der Waals surface area contributed by atoms with Crippen LogP contribution in [0.1, 0.15) is 16.8 Å². The van der Waals surface area contributed by atoms with Crippen molar-refractivity contribution in [2.45, 2.75) is 13.0 Å². The Labute approximate surface area is 153 Å². The van der Waals surface area contributed by atoms with E-state index in [0.717, 1.165) is 0 Å². The SMILES string of the molecule is COC(=O)c1ccc(NC(=O)CCn2c(=O)oc3cc(Cl)ccc32)cc1. The number of halogens is 1. The van der Waals surface area contributed by atoms with E-state index in [2.05, 4.69) is 10.1 Å². The van der Waals surface area contributed by atoms with E-state index < -0.39 is 11.7 Å². The zero-order valence-electron chi connectivity index (χ0n) is 13.8. The number of hydrogen-bond acceptors (Lipinski definition) is 5. The van der Waals surface area contributed by atoms with E-state index >= 15 is 0 Å². The van der Waals surface area contributed by atoms with Crippen LogP contribution >= 0.6 is 11.6 Å². The number of nitrogens with one attached hydrogen (secondary N) is 1. The average Bonchev–Trinajstić information content (AvgIpc) is 2.94. The maximum atomic E-state index is 12.1. The lowest BCUT2D eigenvalue weighted by Gasteiger charge is -2.06. The van der Waals surface area contributed by atoms with Gasteiger partial charge in [-0.1, -0.05) is 11.6 Å². The van der Waals surface area contributed by atoms with Gasteiger partial charge in [0, 0.05) is 29.7 Å². The second-order valence-electron chi connectivity index (χ2n) is 5.50. The summed E-state index contributed by atoms with van der Waals surface area (Å²) in [6.07, 6.45) is 0.0793. The highest BCUT2D eigenvalue weighted by Crippen LogP contribution is 2.18. The van der Waals surface area contributed by atoms with Gasteiger partial charge in [-0.2, -0.15) is 0 Å². The van der Waals surface area contributed by atoms with E-state index in [-0.39, 0.29) is 18.9 Å². The summed E-state index contributed by atoms with van der Waals surface area (Å²) in [5, 5.41) is 3.17. The standard InChI is InChI=1S/C18H15ClN2O5/c1-25-17(23)11-2-5-13(6-3-11)20-16(22)8-9-21-14-7-4-12(19)10-15(14)26-18(21)24/h2-7,10H,8-9H2,1H3,(H,20,22). The molecule has 0 unspecified atom stereocenters. The first-order valence-corrected chi connectivity index (χ1v) is 8.13. The third-order valence-electron chi connectivity index (χ3n) is 3.78. The summed E-state index contributed by atoms with van der Waals surface area (Å²) in [5.41, 5.74) is 1.88. The van der Waals surface area contributed by atoms with Crippen LogP contribution in [0.25, 0.3) is 11.1 Å². The average molecular weight is 375 g/mol. The Hall–Kier alpha value is -3.06. The minimum atomic E-state index is -0.544. The molecule has 0 atom stereocenters. The number of ether oxygens (including phenoxy) is 1. The number of benzene rings is 2. The van der Waals surface area contributed by atoms with Gasteiger partial charge < -0.3 is 14.5 Å². The van der Waals surface area contributed by atoms with E-state index in [1.54, 1.807) is 42.5 Å². The quantitative estimate of drug-likeness (QED) is 0.693. The molecule has 7 nitrogen and oxygen atoms in total. The van der Waals surface area contributed by atoms with Gasteiger partial charge in [-0.25, -0.2) is 9.59 Å². The Morgan fingerprint density at radius 2 is 1.92 bits per heavy atom. The van der Waals surface area contributed by atoms with Gasteiger partial charge >= 0.3 is 11.7 Å². The summed E-state index contributed by atoms with van der Waals surface area (Å²) < 4.78 is 11.1. The second-order valence-corrected chi connectivity index (χ2v) is 5.94. The van der Waals surface area contributed by atoms with Crippen LogP contribution < -0.4 is 11.1 Å². The second kappa shape index (κ2) is 7.45. The van der Waals surface area contributed by atoms with E-state index in [4.69, 9.17) is 16.0 Å². The Balaban J connectivity index is 1.65. The molecule has 3 rings (SSSR count). The first-order chi connectivity index (χ1) is 12.5. The van der Waals surface area contributed by atoms with Gasteiger partial charge in [-0.3, -0.25) is 9.36 Å². The zero-order valence-corrected chi connectivity index (χ0v) is 14.6. The topological polar surface area (TPSA) is 90.5 Å². The number of esters is 1. The van der Waals surface area contributed by atoms with E-state index in [9.17, 15) is 14.4 Å². The minimum Gasteiger partial charge on any atom is -0.465 e. The molecule has 26 heavy (non-hydrogen) atoms. The predicted molar refractivity (Wildman–Crippen MR) is 96.5 cm³/mol. The van der Waals surface area contributed by atoms with Crippen LogP contribution in [0.2, 0.25) is 5.02 Å². The number of amides is 1. The highest BCUT2D eigenvalue weighted by atomic mass is 35.5. The molecule has 0 bridgehead atoms. The van der Waals surface area contributed by atoms with Gasteiger partial charge in [0.25, 0.3) is 0 Å². The van der Waals surface area contributed by atoms with Crippen molar-refractivity contribution in [3.63, 3.8) is 0 Å². The number of rotatable bonds is 5. The van der Waals surface area contributed by atoms with Crippen molar-refractivity contribution in [3.05, 3.63) is 63.6 Å². The molecule has 0 aliphatic rings. The third-order valence-corrected chi connectivity index (χ3v) is 4.02. The fourth-order valence-corrected chi connectivity index (χ4v) is 2.66. The molecule has 2 aromatic carbocycles. The lowest BCUT2D eigenvalue weighted by molar-refractivity contribution is -0.116. The number of carbonyl (C=O) groups is 2. The van der Waals surface area contributed by atoms with Gasteiger partial charge in [0.2, 0.25) is 5.91 Å². The third kappa shape index (κ3) is 3.78. The number of nitrogens with zero attached hydrogens (tertiary/aromatic N) is 1. The van der Waals surface area contributed by atoms with Crippen LogP contribution in [0.3, 0.4) is 0 Å². The Morgan fingerprint density at radius 1 is 1.19 bits per heavy atom. The summed E-state index contributed by atoms with van der Waals surface area (Å²) in [5.74, 6) is -1.27. The molecule has 1 amide bonds. The van der Waals surface area contributed by atoms with Crippen LogP contribution in [-0.2, 0) is 16.1 Å². The van der Waals surface area contributed by atoms with Crippen molar-refractivity contribution in [2.75, 3.05) is 12.4 Å². The van der Waals surface area contributed by atoms with Crippen molar-refractivity contribution in [3.8, 4) is 0 Å². The molecule has 1 heterocycles. The normalized spacial score (nSPS) is 10.7. The Morgan fingerprint density at radius 3 is 2.62 bits per heavy atom. The van der Waals surface area contributed by atoms with Crippen molar-refractivity contribution < 1.29 is 18.7 Å². The summed E-state index contributed by atoms with van der Waals surface area (Å²) in [4.78, 5) is 35.4. The summed E-state index contributed by atoms with van der Waals surface area (Å²) in [6.45, 7) is 0.166. The maximum absolute atomic E-state index is 12.1. The minimum absolute atomic E-state index is 0.0793. The first-order valence-electron chi connectivity index (χ1n) is 7.75. The molecule has 134 valence electrons. The molecule has 0 spiro atoms. The van der Waals surface area contributed by atoms with Crippen molar-refractivity contribution in [2.24, 2.45) is 0 Å². The number of aromatic nitrogens is 1. The molecule has 0 saturated carbocycles. The van der Waals surface area contributed by atoms with Crippen LogP contribution in [-0.4, -0.2) is 23.6 Å². The van der Waals surface area contributed by atoms with Crippen molar-refractivity contribution >= 4 is 40.3 Å². The van der Waals surface area contributed by atoms with E-state index in [1.165, 1.54) is 11.7 Å². The van der Waals surface area contributed by atoms with Crippen molar-refractivity contribution in [1.82, 2.24) is 4.57 Å². The van der Waals surface area contributed by atoms with Crippen LogP contribution in [0.5, 0.6) is 0 Å². The molecule has 0 aliphatic carbocycles. The molecular weight excluding hydrogens is 360 g/mol. The Kier molecular flexibility index (Phi) is 5.09. The smallest absolute Gasteiger partial charge is 0.419 e. The number of fused-ring (bicyclic) bond motifs is 1. The van der Waals surface area contributed by atoms with E-state index in [0.29, 0.717) is 27.4 Å². The van der Waals surface area contributed by atoms with Crippen molar-refractivity contribution in [1.29, 1.82) is 0 Å². The fourth-order valence-electron chi connectivity index (χ4n) is 2.50. The summed E-state index contributed by atoms with van der Waals surface area (Å²) in [7, 11) is 1.30. The molecule has 3 aromatic rings. The molecule has 8 heteroatoms. The monoisotopic (exact) mass is 374 g/mol. The van der Waals surface area contributed by atoms with Gasteiger partial charge in [0.1, 0.15) is 0 Å². The number of carbonyl (C=O) groups excluding carboxylic acids is 2. The van der Waals surface area contributed by atoms with Crippen LogP contribution in [0.15, 0.2) is 51.7 Å². The lowest BCUT2D eigenvalue weighted by Crippen LogP contribution is -2.19. The number of methoxy groups -OCH3 is 1. The fraction of sp³-hybridized carbons (Fsp3) is 0.167. The molecular formula is C18H15ClN2O5. The Bertz CT molecular complexity index is 1020. The maximum Gasteiger partial charge on any atom is 0.419 e. The molecule has 0 fully saturated rings. The zero-order chi connectivity index (χ0) is 18.7. The van der Waals surface area contributed by atoms with Crippen LogP contribution in [0, 0.1) is 0 Å². The largest absolute Gasteiger partial charge is 0.465 e. The van der Waals surface area contributed by atoms with E-state index in [1.807, 2.05) is 0 Å². The number of aryl methyl sites for hydroxylation is 1. The molecule has 0 saturated heterocycles. The summed E-state index contributed by atoms with van der Waals surface area (Å²) >= 11 is 5.87. The van der Waals surface area contributed by atoms with Gasteiger partial charge in [0.05, 0.1) is 18.2 Å². The number of oxazole rings is 1. The number of hydrogen-bond donors (Lipinski definition) is 1. The predicted octanol–water partition coefficient (Wildman–Crippen LogP) is 3.06. The highest BCUT2D eigenvalue weighted by Gasteiger charge is 2.12. The number of anilines is 1. The summed E-state index contributed by atoms with van der Waals surface area (Å²) in [6, 6.07) is 11.2. The molecule has 0 aliphatic heterocycles. The molecule has 0 radical (unpaired) electrons. The molecule has 1 N–H and O–H groups in total. The van der Waals surface area contributed by atoms with Crippen LogP contribution in [0.4, 0.5) is 5.69 Å². The van der Waals surface area contributed by atoms with Gasteiger partial charge in [0.15, 0.2) is 5.58 Å². The molecule has 1 aromatic heterocycles. The highest BCUT2D eigenvalue weighted by molar-refractivity contribution is 6.31. The van der Waals surface area contributed by atoms with Gasteiger partial charge in [-0.05, 0) is 36.4 Å².